The van der Waals surface area contributed by atoms with E-state index >= 15 is 0 Å². The standard InChI is InChI=1S/C31H23Cl2N3O6S2/c1-2-42-30(40)17-8-11-19(12-9-17)36-27(38)24-23(16-6-4-3-5-7-16)26-29(43-25(24)28(36)39)35(31(41)44-26)15-22(37)34-18-10-13-20(32)21(33)14-18/h3-14,23-25H,2,15H2,1H3,(H,34,37). The molecule has 1 N–H and O–H groups in total. The first-order valence-corrected chi connectivity index (χ1v) is 16.0. The summed E-state index contributed by atoms with van der Waals surface area (Å²) in [7, 11) is 0. The van der Waals surface area contributed by atoms with Gasteiger partial charge in [-0.3, -0.25) is 23.7 Å². The highest BCUT2D eigenvalue weighted by atomic mass is 35.5. The Bertz CT molecular complexity index is 1860. The maximum Gasteiger partial charge on any atom is 0.338 e. The Morgan fingerprint density at radius 2 is 1.66 bits per heavy atom. The molecule has 9 nitrogen and oxygen atoms in total. The number of aromatic nitrogens is 1. The smallest absolute Gasteiger partial charge is 0.338 e. The van der Waals surface area contributed by atoms with E-state index in [2.05, 4.69) is 5.32 Å². The number of nitrogens with zero attached hydrogens (tertiary/aromatic N) is 2. The van der Waals surface area contributed by atoms with Crippen LogP contribution in [-0.2, 0) is 25.7 Å². The van der Waals surface area contributed by atoms with Gasteiger partial charge in [-0.25, -0.2) is 9.69 Å². The van der Waals surface area contributed by atoms with Crippen LogP contribution >= 0.6 is 46.3 Å². The normalized spacial score (nSPS) is 19.0. The number of nitrogens with one attached hydrogen (secondary N) is 1. The molecule has 44 heavy (non-hydrogen) atoms. The lowest BCUT2D eigenvalue weighted by atomic mass is 9.83. The quantitative estimate of drug-likeness (QED) is 0.195. The summed E-state index contributed by atoms with van der Waals surface area (Å²) in [4.78, 5) is 67.8. The van der Waals surface area contributed by atoms with Crippen LogP contribution in [0.15, 0.2) is 82.6 Å². The van der Waals surface area contributed by atoms with Crippen LogP contribution in [0.1, 0.15) is 33.6 Å². The third kappa shape index (κ3) is 5.45. The first kappa shape index (κ1) is 30.1. The lowest BCUT2D eigenvalue weighted by Crippen LogP contribution is -2.33. The molecule has 2 aliphatic heterocycles. The molecule has 2 aliphatic rings. The molecule has 6 rings (SSSR count). The van der Waals surface area contributed by atoms with Crippen LogP contribution in [0.25, 0.3) is 0 Å². The monoisotopic (exact) mass is 667 g/mol. The Hall–Kier alpha value is -3.90. The Balaban J connectivity index is 1.35. The van der Waals surface area contributed by atoms with Gasteiger partial charge in [-0.15, -0.1) is 0 Å². The minimum Gasteiger partial charge on any atom is -0.462 e. The van der Waals surface area contributed by atoms with Crippen molar-refractivity contribution in [3.8, 4) is 0 Å². The number of hydrogen-bond acceptors (Lipinski definition) is 8. The van der Waals surface area contributed by atoms with Gasteiger partial charge in [0.25, 0.3) is 0 Å². The first-order chi connectivity index (χ1) is 21.2. The Morgan fingerprint density at radius 3 is 2.34 bits per heavy atom. The van der Waals surface area contributed by atoms with E-state index in [1.165, 1.54) is 22.8 Å². The number of hydrogen-bond donors (Lipinski definition) is 1. The predicted molar refractivity (Wildman–Crippen MR) is 170 cm³/mol. The first-order valence-electron chi connectivity index (χ1n) is 13.5. The zero-order chi connectivity index (χ0) is 31.1. The van der Waals surface area contributed by atoms with Crippen molar-refractivity contribution in [2.75, 3.05) is 16.8 Å². The van der Waals surface area contributed by atoms with Crippen LogP contribution in [0, 0.1) is 5.92 Å². The average Bonchev–Trinajstić information content (AvgIpc) is 3.45. The van der Waals surface area contributed by atoms with Gasteiger partial charge in [0, 0.05) is 16.5 Å². The van der Waals surface area contributed by atoms with Gasteiger partial charge in [0.05, 0.1) is 38.8 Å². The summed E-state index contributed by atoms with van der Waals surface area (Å²) in [6.07, 6.45) is 0. The molecule has 0 spiro atoms. The van der Waals surface area contributed by atoms with Gasteiger partial charge in [-0.05, 0) is 55.0 Å². The van der Waals surface area contributed by atoms with Gasteiger partial charge in [-0.1, -0.05) is 76.6 Å². The minimum atomic E-state index is -0.844. The molecule has 3 aromatic carbocycles. The number of thiazole rings is 1. The van der Waals surface area contributed by atoms with Crippen molar-refractivity contribution in [2.45, 2.75) is 29.7 Å². The number of esters is 1. The van der Waals surface area contributed by atoms with Crippen LogP contribution in [0.5, 0.6) is 0 Å². The molecule has 224 valence electrons. The molecule has 4 aromatic rings. The second-order valence-electron chi connectivity index (χ2n) is 10.0. The van der Waals surface area contributed by atoms with E-state index in [9.17, 15) is 24.0 Å². The second kappa shape index (κ2) is 12.2. The van der Waals surface area contributed by atoms with E-state index in [4.69, 9.17) is 27.9 Å². The maximum atomic E-state index is 14.0. The molecule has 1 saturated heterocycles. The van der Waals surface area contributed by atoms with E-state index in [0.29, 0.717) is 31.9 Å². The number of imide groups is 1. The van der Waals surface area contributed by atoms with E-state index in [1.54, 1.807) is 31.2 Å². The molecule has 0 saturated carbocycles. The van der Waals surface area contributed by atoms with Crippen LogP contribution in [-0.4, -0.2) is 40.1 Å². The SMILES string of the molecule is CCOC(=O)c1ccc(N2C(=O)C3Sc4c(sc(=O)n4CC(=O)Nc4ccc(Cl)c(Cl)c4)C(c4ccccc4)C3C2=O)cc1. The van der Waals surface area contributed by atoms with Crippen molar-refractivity contribution in [2.24, 2.45) is 5.92 Å². The Labute approximate surface area is 269 Å². The second-order valence-corrected chi connectivity index (χ2v) is 13.0. The largest absolute Gasteiger partial charge is 0.462 e. The summed E-state index contributed by atoms with van der Waals surface area (Å²) >= 11 is 14.1. The minimum absolute atomic E-state index is 0.220. The number of amides is 3. The van der Waals surface area contributed by atoms with Crippen LogP contribution in [0.4, 0.5) is 11.4 Å². The molecule has 3 unspecified atom stereocenters. The molecule has 3 atom stereocenters. The van der Waals surface area contributed by atoms with E-state index in [1.807, 2.05) is 30.3 Å². The number of anilines is 2. The number of carbonyl (C=O) groups excluding carboxylic acids is 4. The fraction of sp³-hybridized carbons (Fsp3) is 0.194. The maximum absolute atomic E-state index is 14.0. The van der Waals surface area contributed by atoms with Crippen molar-refractivity contribution < 1.29 is 23.9 Å². The lowest BCUT2D eigenvalue weighted by Gasteiger charge is -2.30. The topological polar surface area (TPSA) is 115 Å². The van der Waals surface area contributed by atoms with Gasteiger partial charge in [-0.2, -0.15) is 0 Å². The molecule has 13 heteroatoms. The zero-order valence-electron chi connectivity index (χ0n) is 23.0. The molecule has 0 aliphatic carbocycles. The highest BCUT2D eigenvalue weighted by molar-refractivity contribution is 8.00. The average molecular weight is 669 g/mol. The van der Waals surface area contributed by atoms with Gasteiger partial charge in [0.2, 0.25) is 17.7 Å². The van der Waals surface area contributed by atoms with Crippen molar-refractivity contribution in [3.05, 3.63) is 109 Å². The number of thioether (sulfide) groups is 1. The summed E-state index contributed by atoms with van der Waals surface area (Å²) in [5, 5.41) is 2.96. The van der Waals surface area contributed by atoms with Crippen molar-refractivity contribution in [1.82, 2.24) is 4.57 Å². The van der Waals surface area contributed by atoms with E-state index in [0.717, 1.165) is 33.6 Å². The summed E-state index contributed by atoms with van der Waals surface area (Å²) in [6, 6.07) is 20.0. The molecular formula is C31H23Cl2N3O6S2. The highest BCUT2D eigenvalue weighted by Crippen LogP contribution is 2.53. The number of halogens is 2. The van der Waals surface area contributed by atoms with Gasteiger partial charge >= 0.3 is 10.8 Å². The molecule has 1 fully saturated rings. The summed E-state index contributed by atoms with van der Waals surface area (Å²) in [5.41, 5.74) is 1.82. The highest BCUT2D eigenvalue weighted by Gasteiger charge is 2.56. The summed E-state index contributed by atoms with van der Waals surface area (Å²) in [5.74, 6) is -3.19. The van der Waals surface area contributed by atoms with Crippen molar-refractivity contribution in [1.29, 1.82) is 0 Å². The molecular weight excluding hydrogens is 645 g/mol. The fourth-order valence-electron chi connectivity index (χ4n) is 5.41. The number of fused-ring (bicyclic) bond motifs is 2. The summed E-state index contributed by atoms with van der Waals surface area (Å²) < 4.78 is 6.38. The van der Waals surface area contributed by atoms with E-state index in [-0.39, 0.29) is 23.0 Å². The number of rotatable bonds is 7. The predicted octanol–water partition coefficient (Wildman–Crippen LogP) is 5.83. The number of benzene rings is 3. The van der Waals surface area contributed by atoms with Crippen LogP contribution in [0.3, 0.4) is 0 Å². The summed E-state index contributed by atoms with van der Waals surface area (Å²) in [6.45, 7) is 1.62. The zero-order valence-corrected chi connectivity index (χ0v) is 26.1. The van der Waals surface area contributed by atoms with Crippen molar-refractivity contribution in [3.63, 3.8) is 0 Å². The third-order valence-corrected chi connectivity index (χ3v) is 10.7. The molecule has 3 heterocycles. The van der Waals surface area contributed by atoms with Gasteiger partial charge in [0.1, 0.15) is 11.8 Å². The van der Waals surface area contributed by atoms with Gasteiger partial charge in [0.15, 0.2) is 0 Å². The van der Waals surface area contributed by atoms with Crippen LogP contribution < -0.4 is 15.1 Å². The lowest BCUT2D eigenvalue weighted by molar-refractivity contribution is -0.122. The van der Waals surface area contributed by atoms with Gasteiger partial charge < -0.3 is 10.1 Å². The molecule has 0 radical (unpaired) electrons. The van der Waals surface area contributed by atoms with E-state index < -0.39 is 40.8 Å². The number of carbonyl (C=O) groups is 4. The van der Waals surface area contributed by atoms with Crippen molar-refractivity contribution >= 4 is 81.4 Å². The fourth-order valence-corrected chi connectivity index (χ4v) is 8.48. The third-order valence-electron chi connectivity index (χ3n) is 7.35. The Kier molecular flexibility index (Phi) is 8.38. The van der Waals surface area contributed by atoms with Crippen LogP contribution in [0.2, 0.25) is 10.0 Å². The Morgan fingerprint density at radius 1 is 0.932 bits per heavy atom. The number of ether oxygens (including phenoxy) is 1. The molecule has 1 aromatic heterocycles. The molecule has 0 bridgehead atoms. The molecule has 3 amide bonds.